The van der Waals surface area contributed by atoms with Crippen LogP contribution >= 0.6 is 0 Å². The van der Waals surface area contributed by atoms with E-state index in [1.807, 2.05) is 30.3 Å². The number of hydrogen-bond donors (Lipinski definition) is 1. The van der Waals surface area contributed by atoms with Gasteiger partial charge < -0.3 is 10.2 Å². The molecule has 0 unspecified atom stereocenters. The lowest BCUT2D eigenvalue weighted by Gasteiger charge is -2.31. The molecule has 0 bridgehead atoms. The highest BCUT2D eigenvalue weighted by molar-refractivity contribution is 7.90. The highest BCUT2D eigenvalue weighted by atomic mass is 32.2. The first kappa shape index (κ1) is 26.9. The third kappa shape index (κ3) is 6.21. The average molecular weight is 526 g/mol. The van der Waals surface area contributed by atoms with Crippen LogP contribution in [0.15, 0.2) is 59.5 Å². The van der Waals surface area contributed by atoms with Gasteiger partial charge in [-0.05, 0) is 50.3 Å². The van der Waals surface area contributed by atoms with E-state index in [1.165, 1.54) is 18.6 Å². The lowest BCUT2D eigenvalue weighted by molar-refractivity contribution is -0.140. The summed E-state index contributed by atoms with van der Waals surface area (Å²) < 4.78 is 26.5. The van der Waals surface area contributed by atoms with Crippen LogP contribution in [-0.4, -0.2) is 60.5 Å². The van der Waals surface area contributed by atoms with Gasteiger partial charge in [0.05, 0.1) is 5.56 Å². The summed E-state index contributed by atoms with van der Waals surface area (Å²) in [5, 5.41) is 3.11. The quantitative estimate of drug-likeness (QED) is 0.511. The van der Waals surface area contributed by atoms with Crippen molar-refractivity contribution in [1.29, 1.82) is 0 Å². The van der Waals surface area contributed by atoms with Crippen LogP contribution in [0.25, 0.3) is 0 Å². The molecule has 1 aliphatic carbocycles. The summed E-state index contributed by atoms with van der Waals surface area (Å²) in [6.07, 6.45) is 6.10. The molecule has 9 heteroatoms. The zero-order chi connectivity index (χ0) is 26.4. The number of carbonyl (C=O) groups excluding carboxylic acids is 3. The molecule has 1 saturated carbocycles. The van der Waals surface area contributed by atoms with Crippen LogP contribution in [0, 0.1) is 0 Å². The van der Waals surface area contributed by atoms with Gasteiger partial charge in [0.25, 0.3) is 15.9 Å². The highest BCUT2D eigenvalue weighted by Gasteiger charge is 2.40. The average Bonchev–Trinajstić information content (AvgIpc) is 3.10. The number of nitrogens with one attached hydrogen (secondary N) is 1. The number of rotatable bonds is 10. The van der Waals surface area contributed by atoms with Crippen LogP contribution in [0.4, 0.5) is 0 Å². The van der Waals surface area contributed by atoms with Crippen LogP contribution < -0.4 is 5.32 Å². The van der Waals surface area contributed by atoms with E-state index in [2.05, 4.69) is 5.32 Å². The molecular weight excluding hydrogens is 490 g/mol. The van der Waals surface area contributed by atoms with Crippen LogP contribution in [0.5, 0.6) is 0 Å². The van der Waals surface area contributed by atoms with Gasteiger partial charge in [0.1, 0.15) is 10.9 Å². The van der Waals surface area contributed by atoms with Crippen molar-refractivity contribution in [3.8, 4) is 0 Å². The van der Waals surface area contributed by atoms with Gasteiger partial charge in [-0.1, -0.05) is 61.7 Å². The molecule has 0 saturated heterocycles. The van der Waals surface area contributed by atoms with E-state index in [0.717, 1.165) is 35.6 Å². The Hall–Kier alpha value is -3.20. The highest BCUT2D eigenvalue weighted by Crippen LogP contribution is 2.30. The lowest BCUT2D eigenvalue weighted by Crippen LogP contribution is -2.51. The van der Waals surface area contributed by atoms with E-state index in [9.17, 15) is 22.8 Å². The number of amides is 3. The SMILES string of the molecule is C[C@H](C(=O)NC1CCCCC1)N(CCc1ccccc1)C(=O)CCCN1C(=O)c2ccccc2S1(=O)=O. The van der Waals surface area contributed by atoms with Gasteiger partial charge in [0.15, 0.2) is 0 Å². The first-order chi connectivity index (χ1) is 17.8. The van der Waals surface area contributed by atoms with Gasteiger partial charge in [-0.15, -0.1) is 0 Å². The second kappa shape index (κ2) is 11.9. The molecule has 198 valence electrons. The van der Waals surface area contributed by atoms with Gasteiger partial charge in [-0.25, -0.2) is 12.7 Å². The van der Waals surface area contributed by atoms with Crippen molar-refractivity contribution in [2.24, 2.45) is 0 Å². The minimum atomic E-state index is -3.91. The summed E-state index contributed by atoms with van der Waals surface area (Å²) in [4.78, 5) is 40.7. The summed E-state index contributed by atoms with van der Waals surface area (Å²) in [5.74, 6) is -0.964. The van der Waals surface area contributed by atoms with Crippen molar-refractivity contribution in [3.05, 3.63) is 65.7 Å². The minimum Gasteiger partial charge on any atom is -0.352 e. The topological polar surface area (TPSA) is 104 Å². The standard InChI is InChI=1S/C28H35N3O5S/c1-21(27(33)29-23-13-6-3-7-14-23)30(20-18-22-11-4-2-5-12-22)26(32)17-10-19-31-28(34)24-15-8-9-16-25(24)37(31,35)36/h2,4-5,8-9,11-12,15-16,21,23H,3,6-7,10,13-14,17-20H2,1H3,(H,29,33)/t21-/m1/s1. The van der Waals surface area contributed by atoms with Gasteiger partial charge in [-0.2, -0.15) is 0 Å². The zero-order valence-electron chi connectivity index (χ0n) is 21.3. The molecule has 0 radical (unpaired) electrons. The normalized spacial score (nSPS) is 17.8. The molecule has 0 aromatic heterocycles. The van der Waals surface area contributed by atoms with Crippen molar-refractivity contribution in [1.82, 2.24) is 14.5 Å². The van der Waals surface area contributed by atoms with Gasteiger partial charge in [0.2, 0.25) is 11.8 Å². The second-order valence-electron chi connectivity index (χ2n) is 9.82. The van der Waals surface area contributed by atoms with Gasteiger partial charge in [-0.3, -0.25) is 14.4 Å². The Labute approximate surface area is 219 Å². The fourth-order valence-corrected chi connectivity index (χ4v) is 6.72. The third-order valence-corrected chi connectivity index (χ3v) is 9.11. The molecule has 2 aromatic carbocycles. The van der Waals surface area contributed by atoms with Gasteiger partial charge >= 0.3 is 0 Å². The number of nitrogens with zero attached hydrogens (tertiary/aromatic N) is 2. The fourth-order valence-electron chi connectivity index (χ4n) is 5.11. The van der Waals surface area contributed by atoms with Crippen molar-refractivity contribution in [3.63, 3.8) is 0 Å². The number of carbonyl (C=O) groups is 3. The zero-order valence-corrected chi connectivity index (χ0v) is 22.1. The van der Waals surface area contributed by atoms with Crippen LogP contribution in [0.2, 0.25) is 0 Å². The molecule has 1 aliphatic heterocycles. The van der Waals surface area contributed by atoms with Crippen LogP contribution in [0.1, 0.15) is 67.8 Å². The molecule has 2 aliphatic rings. The summed E-state index contributed by atoms with van der Waals surface area (Å²) in [6.45, 7) is 2.03. The Balaban J connectivity index is 1.40. The molecule has 2 aromatic rings. The largest absolute Gasteiger partial charge is 0.352 e. The molecule has 1 atom stereocenters. The third-order valence-electron chi connectivity index (χ3n) is 7.27. The predicted molar refractivity (Wildman–Crippen MR) is 140 cm³/mol. The van der Waals surface area contributed by atoms with E-state index in [0.29, 0.717) is 13.0 Å². The Morgan fingerprint density at radius 2 is 1.70 bits per heavy atom. The monoisotopic (exact) mass is 525 g/mol. The van der Waals surface area contributed by atoms with Crippen molar-refractivity contribution in [2.45, 2.75) is 75.3 Å². The number of sulfonamides is 1. The Bertz CT molecular complexity index is 1230. The smallest absolute Gasteiger partial charge is 0.269 e. The van der Waals surface area contributed by atoms with Crippen molar-refractivity contribution >= 4 is 27.7 Å². The first-order valence-corrected chi connectivity index (χ1v) is 14.5. The summed E-state index contributed by atoms with van der Waals surface area (Å²) in [7, 11) is -3.91. The van der Waals surface area contributed by atoms with E-state index < -0.39 is 22.0 Å². The molecule has 37 heavy (non-hydrogen) atoms. The number of benzene rings is 2. The van der Waals surface area contributed by atoms with Gasteiger partial charge in [0, 0.05) is 25.6 Å². The molecule has 4 rings (SSSR count). The summed E-state index contributed by atoms with van der Waals surface area (Å²) in [6, 6.07) is 15.4. The van der Waals surface area contributed by atoms with E-state index >= 15 is 0 Å². The molecular formula is C28H35N3O5S. The summed E-state index contributed by atoms with van der Waals surface area (Å²) in [5.41, 5.74) is 1.22. The van der Waals surface area contributed by atoms with E-state index in [4.69, 9.17) is 0 Å². The molecule has 1 N–H and O–H groups in total. The first-order valence-electron chi connectivity index (χ1n) is 13.1. The molecule has 3 amide bonds. The predicted octanol–water partition coefficient (Wildman–Crippen LogP) is 3.52. The molecule has 1 heterocycles. The van der Waals surface area contributed by atoms with Crippen LogP contribution in [0.3, 0.4) is 0 Å². The maximum Gasteiger partial charge on any atom is 0.269 e. The maximum atomic E-state index is 13.3. The van der Waals surface area contributed by atoms with Crippen molar-refractivity contribution in [2.75, 3.05) is 13.1 Å². The summed E-state index contributed by atoms with van der Waals surface area (Å²) >= 11 is 0. The minimum absolute atomic E-state index is 0.00354. The fraction of sp³-hybridized carbons (Fsp3) is 0.464. The van der Waals surface area contributed by atoms with Crippen molar-refractivity contribution < 1.29 is 22.8 Å². The number of hydrogen-bond acceptors (Lipinski definition) is 5. The molecule has 0 spiro atoms. The van der Waals surface area contributed by atoms with E-state index in [-0.39, 0.29) is 47.7 Å². The second-order valence-corrected chi connectivity index (χ2v) is 11.7. The Kier molecular flexibility index (Phi) is 8.63. The lowest BCUT2D eigenvalue weighted by atomic mass is 9.95. The van der Waals surface area contributed by atoms with Crippen LogP contribution in [-0.2, 0) is 26.0 Å². The molecule has 8 nitrogen and oxygen atoms in total. The number of fused-ring (bicyclic) bond motifs is 1. The maximum absolute atomic E-state index is 13.3. The molecule has 1 fully saturated rings. The Morgan fingerprint density at radius 1 is 1.03 bits per heavy atom. The Morgan fingerprint density at radius 3 is 2.41 bits per heavy atom. The van der Waals surface area contributed by atoms with E-state index in [1.54, 1.807) is 24.0 Å².